The smallest absolute Gasteiger partial charge is 0.317 e. The van der Waals surface area contributed by atoms with Crippen LogP contribution >= 0.6 is 0 Å². The second kappa shape index (κ2) is 7.95. The zero-order valence-corrected chi connectivity index (χ0v) is 20.2. The molecule has 2 N–H and O–H groups in total. The first kappa shape index (κ1) is 22.8. The molecule has 2 amide bonds. The number of fused-ring (bicyclic) bond motifs is 5. The van der Waals surface area contributed by atoms with Crippen LogP contribution in [0.3, 0.4) is 0 Å². The molecule has 0 spiro atoms. The van der Waals surface area contributed by atoms with Gasteiger partial charge in [0.1, 0.15) is 11.6 Å². The zero-order chi connectivity index (χ0) is 24.5. The van der Waals surface area contributed by atoms with Crippen molar-refractivity contribution in [3.63, 3.8) is 0 Å². The van der Waals surface area contributed by atoms with Gasteiger partial charge in [-0.1, -0.05) is 19.9 Å². The number of nitrogens with zero attached hydrogens (tertiary/aromatic N) is 3. The van der Waals surface area contributed by atoms with Gasteiger partial charge in [0.15, 0.2) is 0 Å². The number of halogens is 2. The summed E-state index contributed by atoms with van der Waals surface area (Å²) in [6.07, 6.45) is 4.84. The number of aliphatic hydroxyl groups is 1. The van der Waals surface area contributed by atoms with E-state index in [2.05, 4.69) is 29.4 Å². The van der Waals surface area contributed by atoms with Crippen molar-refractivity contribution in [1.29, 1.82) is 0 Å². The summed E-state index contributed by atoms with van der Waals surface area (Å²) in [5.74, 6) is -0.795. The Kier molecular flexibility index (Phi) is 5.18. The predicted octanol–water partition coefficient (Wildman–Crippen LogP) is 4.52. The van der Waals surface area contributed by atoms with E-state index in [1.165, 1.54) is 18.2 Å². The second-order valence-electron chi connectivity index (χ2n) is 11.5. The molecule has 3 aliphatic carbocycles. The number of hydrogen-bond donors (Lipinski definition) is 2. The summed E-state index contributed by atoms with van der Waals surface area (Å²) in [4.78, 5) is 14.9. The first-order chi connectivity index (χ1) is 16.7. The highest BCUT2D eigenvalue weighted by Crippen LogP contribution is 2.70. The van der Waals surface area contributed by atoms with Crippen LogP contribution in [0.4, 0.5) is 13.6 Å². The van der Waals surface area contributed by atoms with E-state index in [1.54, 1.807) is 0 Å². The van der Waals surface area contributed by atoms with Crippen molar-refractivity contribution < 1.29 is 18.7 Å². The quantitative estimate of drug-likeness (QED) is 0.674. The van der Waals surface area contributed by atoms with Crippen molar-refractivity contribution >= 4 is 6.03 Å². The van der Waals surface area contributed by atoms with Gasteiger partial charge in [0.05, 0.1) is 23.1 Å². The lowest BCUT2D eigenvalue weighted by molar-refractivity contribution is 0.0516. The van der Waals surface area contributed by atoms with Crippen LogP contribution in [0.2, 0.25) is 0 Å². The molecule has 1 aliphatic heterocycles. The van der Waals surface area contributed by atoms with Crippen LogP contribution in [0.1, 0.15) is 69.5 Å². The van der Waals surface area contributed by atoms with E-state index < -0.39 is 11.6 Å². The average Bonchev–Trinajstić information content (AvgIpc) is 3.19. The maximum absolute atomic E-state index is 14.5. The molecule has 2 aromatic rings. The third-order valence-corrected chi connectivity index (χ3v) is 9.53. The van der Waals surface area contributed by atoms with Crippen LogP contribution in [-0.4, -0.2) is 51.5 Å². The predicted molar refractivity (Wildman–Crippen MR) is 127 cm³/mol. The number of urea groups is 1. The fourth-order valence-electron chi connectivity index (χ4n) is 7.68. The van der Waals surface area contributed by atoms with E-state index >= 15 is 0 Å². The number of aliphatic hydroxyl groups excluding tert-OH is 1. The maximum Gasteiger partial charge on any atom is 0.317 e. The number of carbonyl (C=O) groups excluding carboxylic acids is 1. The molecule has 3 unspecified atom stereocenters. The number of benzene rings is 1. The Hall–Kier alpha value is -2.61. The highest BCUT2D eigenvalue weighted by Gasteiger charge is 2.66. The van der Waals surface area contributed by atoms with Crippen molar-refractivity contribution in [1.82, 2.24) is 20.4 Å². The van der Waals surface area contributed by atoms with E-state index in [4.69, 9.17) is 0 Å². The molecule has 4 aliphatic rings. The van der Waals surface area contributed by atoms with Gasteiger partial charge >= 0.3 is 6.03 Å². The molecule has 1 saturated heterocycles. The fourth-order valence-corrected chi connectivity index (χ4v) is 7.68. The molecular formula is C27H32F2N4O2. The average molecular weight is 483 g/mol. The summed E-state index contributed by atoms with van der Waals surface area (Å²) in [6, 6.07) is 5.70. The summed E-state index contributed by atoms with van der Waals surface area (Å²) in [7, 11) is 0. The number of rotatable bonds is 3. The van der Waals surface area contributed by atoms with Crippen LogP contribution in [0.5, 0.6) is 0 Å². The minimum atomic E-state index is -0.635. The molecule has 3 atom stereocenters. The van der Waals surface area contributed by atoms with E-state index in [0.29, 0.717) is 19.4 Å². The fraction of sp³-hybridized carbons (Fsp3) is 0.593. The Bertz CT molecular complexity index is 1160. The molecule has 1 aromatic carbocycles. The lowest BCUT2D eigenvalue weighted by atomic mass is 9.59. The minimum Gasteiger partial charge on any atom is -0.393 e. The number of aromatic nitrogens is 2. The standard InChI is InChI=1S/C27H32F2N4O2/c1-26(2)19-8-9-27(26,15-5-4-10-33(14-15)25(35)30-16-11-17(34)12-16)24-18(19)13-22(31-32-24)23-20(28)6-3-7-21(23)29/h3,6-7,13,15-17,19,34H,4-5,8-12,14H2,1-2H3,(H,30,35). The molecule has 2 saturated carbocycles. The van der Waals surface area contributed by atoms with Crippen molar-refractivity contribution in [2.75, 3.05) is 13.1 Å². The van der Waals surface area contributed by atoms with Gasteiger partial charge < -0.3 is 15.3 Å². The Morgan fingerprint density at radius 3 is 2.63 bits per heavy atom. The molecule has 6 rings (SSSR count). The molecule has 1 aromatic heterocycles. The highest BCUT2D eigenvalue weighted by atomic mass is 19.1. The normalized spacial score (nSPS) is 32.8. The third kappa shape index (κ3) is 3.25. The minimum absolute atomic E-state index is 0.0509. The van der Waals surface area contributed by atoms with Crippen LogP contribution in [0, 0.1) is 23.0 Å². The topological polar surface area (TPSA) is 78.4 Å². The number of amides is 2. The molecule has 6 nitrogen and oxygen atoms in total. The van der Waals surface area contributed by atoms with Crippen molar-refractivity contribution in [3.8, 4) is 11.3 Å². The van der Waals surface area contributed by atoms with E-state index in [1.807, 2.05) is 11.0 Å². The van der Waals surface area contributed by atoms with Crippen LogP contribution in [0.25, 0.3) is 11.3 Å². The van der Waals surface area contributed by atoms with Gasteiger partial charge in [0, 0.05) is 24.5 Å². The van der Waals surface area contributed by atoms with Crippen molar-refractivity contribution in [2.45, 2.75) is 75.9 Å². The lowest BCUT2D eigenvalue weighted by Crippen LogP contribution is -2.56. The van der Waals surface area contributed by atoms with Gasteiger partial charge in [-0.2, -0.15) is 10.2 Å². The molecule has 3 fully saturated rings. The van der Waals surface area contributed by atoms with Crippen LogP contribution < -0.4 is 5.32 Å². The van der Waals surface area contributed by atoms with Gasteiger partial charge in [-0.15, -0.1) is 0 Å². The van der Waals surface area contributed by atoms with Gasteiger partial charge in [-0.05, 0) is 79.5 Å². The monoisotopic (exact) mass is 482 g/mol. The Balaban J connectivity index is 1.32. The van der Waals surface area contributed by atoms with Crippen molar-refractivity contribution in [2.24, 2.45) is 11.3 Å². The van der Waals surface area contributed by atoms with Crippen molar-refractivity contribution in [3.05, 3.63) is 47.2 Å². The summed E-state index contributed by atoms with van der Waals surface area (Å²) in [6.45, 7) is 5.94. The second-order valence-corrected chi connectivity index (χ2v) is 11.5. The Morgan fingerprint density at radius 1 is 1.17 bits per heavy atom. The highest BCUT2D eigenvalue weighted by molar-refractivity contribution is 5.75. The van der Waals surface area contributed by atoms with Crippen LogP contribution in [0.15, 0.2) is 24.3 Å². The van der Waals surface area contributed by atoms with Gasteiger partial charge in [0.25, 0.3) is 0 Å². The molecule has 8 heteroatoms. The third-order valence-electron chi connectivity index (χ3n) is 9.53. The molecule has 35 heavy (non-hydrogen) atoms. The van der Waals surface area contributed by atoms with E-state index in [-0.39, 0.29) is 52.1 Å². The first-order valence-electron chi connectivity index (χ1n) is 12.8. The SMILES string of the molecule is CC1(C)C2CCC1(C1CCCN(C(=O)NC3CC(O)C3)C1)c1nnc(-c3c(F)cccc3F)cc12. The Labute approximate surface area is 204 Å². The number of piperidine rings is 1. The van der Waals surface area contributed by atoms with E-state index in [9.17, 15) is 18.7 Å². The summed E-state index contributed by atoms with van der Waals surface area (Å²) in [5.41, 5.74) is 1.80. The first-order valence-corrected chi connectivity index (χ1v) is 12.8. The molecular weight excluding hydrogens is 450 g/mol. The molecule has 2 heterocycles. The summed E-state index contributed by atoms with van der Waals surface area (Å²) >= 11 is 0. The molecule has 2 bridgehead atoms. The molecule has 0 radical (unpaired) electrons. The van der Waals surface area contributed by atoms with Gasteiger partial charge in [0.2, 0.25) is 0 Å². The Morgan fingerprint density at radius 2 is 1.91 bits per heavy atom. The maximum atomic E-state index is 14.5. The lowest BCUT2D eigenvalue weighted by Gasteiger charge is -2.48. The number of likely N-dealkylation sites (tertiary alicyclic amines) is 1. The number of hydrogen-bond acceptors (Lipinski definition) is 4. The summed E-state index contributed by atoms with van der Waals surface area (Å²) in [5, 5.41) is 21.6. The largest absolute Gasteiger partial charge is 0.393 e. The number of nitrogens with one attached hydrogen (secondary N) is 1. The van der Waals surface area contributed by atoms with Crippen LogP contribution in [-0.2, 0) is 5.41 Å². The molecule has 186 valence electrons. The zero-order valence-electron chi connectivity index (χ0n) is 20.2. The van der Waals surface area contributed by atoms with Gasteiger partial charge in [-0.25, -0.2) is 13.6 Å². The van der Waals surface area contributed by atoms with E-state index in [0.717, 1.165) is 43.5 Å². The number of carbonyl (C=O) groups is 1. The summed E-state index contributed by atoms with van der Waals surface area (Å²) < 4.78 is 29.0. The van der Waals surface area contributed by atoms with Gasteiger partial charge in [-0.3, -0.25) is 0 Å².